The van der Waals surface area contributed by atoms with Crippen molar-refractivity contribution < 1.29 is 4.74 Å². The van der Waals surface area contributed by atoms with Gasteiger partial charge in [-0.25, -0.2) is 0 Å². The van der Waals surface area contributed by atoms with Gasteiger partial charge in [0.05, 0.1) is 6.10 Å². The topological polar surface area (TPSA) is 36.9 Å². The van der Waals surface area contributed by atoms with Crippen molar-refractivity contribution >= 4 is 29.9 Å². The number of guanidine groups is 1. The predicted molar refractivity (Wildman–Crippen MR) is 117 cm³/mol. The fourth-order valence-electron chi connectivity index (χ4n) is 3.20. The van der Waals surface area contributed by atoms with Gasteiger partial charge in [-0.05, 0) is 39.2 Å². The number of benzene rings is 1. The Labute approximate surface area is 170 Å². The van der Waals surface area contributed by atoms with E-state index in [1.165, 1.54) is 11.1 Å². The van der Waals surface area contributed by atoms with Crippen LogP contribution >= 0.6 is 24.0 Å². The third-order valence-corrected chi connectivity index (χ3v) is 4.60. The van der Waals surface area contributed by atoms with Crippen LogP contribution in [0.2, 0.25) is 0 Å². The van der Waals surface area contributed by atoms with Crippen LogP contribution in [0, 0.1) is 6.92 Å². The van der Waals surface area contributed by atoms with E-state index in [4.69, 9.17) is 9.73 Å². The van der Waals surface area contributed by atoms with Crippen molar-refractivity contribution in [2.24, 2.45) is 4.99 Å². The number of hydrogen-bond acceptors (Lipinski definition) is 2. The van der Waals surface area contributed by atoms with Gasteiger partial charge < -0.3 is 15.0 Å². The first-order valence-electron chi connectivity index (χ1n) is 9.35. The molecule has 1 heterocycles. The maximum absolute atomic E-state index is 5.75. The molecule has 5 heteroatoms. The van der Waals surface area contributed by atoms with Crippen molar-refractivity contribution in [3.63, 3.8) is 0 Å². The quantitative estimate of drug-likeness (QED) is 0.394. The number of nitrogens with zero attached hydrogens (tertiary/aromatic N) is 2. The molecule has 1 aromatic carbocycles. The summed E-state index contributed by atoms with van der Waals surface area (Å²) in [5, 5.41) is 3.45. The number of likely N-dealkylation sites (tertiary alicyclic amines) is 1. The molecule has 0 amide bonds. The molecule has 1 N–H and O–H groups in total. The van der Waals surface area contributed by atoms with Gasteiger partial charge in [0.2, 0.25) is 0 Å². The number of piperidine rings is 1. The molecule has 1 atom stereocenters. The van der Waals surface area contributed by atoms with E-state index >= 15 is 0 Å². The minimum Gasteiger partial charge on any atom is -0.378 e. The van der Waals surface area contributed by atoms with Crippen LogP contribution in [-0.4, -0.2) is 49.7 Å². The number of hydrogen-bond donors (Lipinski definition) is 1. The van der Waals surface area contributed by atoms with Crippen LogP contribution in [0.15, 0.2) is 29.3 Å². The van der Waals surface area contributed by atoms with Crippen molar-refractivity contribution in [2.45, 2.75) is 52.6 Å². The molecule has 0 spiro atoms. The molecular weight excluding hydrogens is 425 g/mol. The fraction of sp³-hybridized carbons (Fsp3) is 0.650. The van der Waals surface area contributed by atoms with Gasteiger partial charge in [0.1, 0.15) is 0 Å². The first kappa shape index (κ1) is 22.2. The van der Waals surface area contributed by atoms with Crippen molar-refractivity contribution in [1.29, 1.82) is 0 Å². The second-order valence-corrected chi connectivity index (χ2v) is 6.65. The lowest BCUT2D eigenvalue weighted by Gasteiger charge is -2.34. The zero-order valence-electron chi connectivity index (χ0n) is 16.1. The number of ether oxygens (including phenoxy) is 1. The van der Waals surface area contributed by atoms with Crippen LogP contribution in [0.3, 0.4) is 0 Å². The zero-order chi connectivity index (χ0) is 17.4. The summed E-state index contributed by atoms with van der Waals surface area (Å²) in [5.74, 6) is 1.48. The van der Waals surface area contributed by atoms with E-state index < -0.39 is 0 Å². The first-order chi connectivity index (χ1) is 11.6. The second kappa shape index (κ2) is 11.7. The van der Waals surface area contributed by atoms with Crippen molar-refractivity contribution in [3.05, 3.63) is 35.4 Å². The molecule has 1 aliphatic heterocycles. The van der Waals surface area contributed by atoms with Crippen LogP contribution in [-0.2, 0) is 4.74 Å². The maximum Gasteiger partial charge on any atom is 0.193 e. The summed E-state index contributed by atoms with van der Waals surface area (Å²) in [4.78, 5) is 7.28. The number of aliphatic imine (C=N–C) groups is 1. The number of aryl methyl sites for hydroxylation is 1. The molecule has 0 aromatic heterocycles. The minimum absolute atomic E-state index is 0. The normalized spacial score (nSPS) is 17.1. The van der Waals surface area contributed by atoms with Crippen LogP contribution in [0.5, 0.6) is 0 Å². The second-order valence-electron chi connectivity index (χ2n) is 6.65. The summed E-state index contributed by atoms with van der Waals surface area (Å²) in [5.41, 5.74) is 2.68. The summed E-state index contributed by atoms with van der Waals surface area (Å²) in [7, 11) is 0. The van der Waals surface area contributed by atoms with Gasteiger partial charge in [-0.15, -0.1) is 24.0 Å². The average molecular weight is 459 g/mol. The predicted octanol–water partition coefficient (Wildman–Crippen LogP) is 4.18. The molecule has 142 valence electrons. The lowest BCUT2D eigenvalue weighted by atomic mass is 10.00. The molecule has 0 radical (unpaired) electrons. The highest BCUT2D eigenvalue weighted by atomic mass is 127. The van der Waals surface area contributed by atoms with Crippen LogP contribution in [0.1, 0.15) is 50.7 Å². The molecule has 1 fully saturated rings. The summed E-state index contributed by atoms with van der Waals surface area (Å²) >= 11 is 0. The van der Waals surface area contributed by atoms with E-state index in [1.807, 2.05) is 0 Å². The van der Waals surface area contributed by atoms with Crippen LogP contribution in [0.25, 0.3) is 0 Å². The van der Waals surface area contributed by atoms with E-state index in [9.17, 15) is 0 Å². The van der Waals surface area contributed by atoms with Crippen molar-refractivity contribution in [1.82, 2.24) is 10.2 Å². The summed E-state index contributed by atoms with van der Waals surface area (Å²) in [6, 6.07) is 8.75. The smallest absolute Gasteiger partial charge is 0.193 e. The van der Waals surface area contributed by atoms with E-state index in [1.54, 1.807) is 0 Å². The van der Waals surface area contributed by atoms with Crippen molar-refractivity contribution in [2.75, 3.05) is 32.8 Å². The number of rotatable bonds is 6. The maximum atomic E-state index is 5.75. The van der Waals surface area contributed by atoms with Gasteiger partial charge in [-0.3, -0.25) is 4.99 Å². The zero-order valence-corrected chi connectivity index (χ0v) is 18.5. The molecule has 25 heavy (non-hydrogen) atoms. The van der Waals surface area contributed by atoms with E-state index in [2.05, 4.69) is 62.2 Å². The number of nitrogens with one attached hydrogen (secondary N) is 1. The molecule has 4 nitrogen and oxygen atoms in total. The van der Waals surface area contributed by atoms with Gasteiger partial charge in [0, 0.05) is 38.7 Å². The molecular formula is C20H34IN3O. The standard InChI is InChI=1S/C20H33N3O.HI/c1-5-21-20(23-12-10-19(11-13-23)24-6-2)22-15-17(4)18-9-7-8-16(3)14-18;/h7-9,14,17,19H,5-6,10-13,15H2,1-4H3,(H,21,22);1H. The Hall–Kier alpha value is -0.820. The van der Waals surface area contributed by atoms with E-state index in [-0.39, 0.29) is 24.0 Å². The minimum atomic E-state index is 0. The highest BCUT2D eigenvalue weighted by Gasteiger charge is 2.21. The monoisotopic (exact) mass is 459 g/mol. The lowest BCUT2D eigenvalue weighted by molar-refractivity contribution is 0.0264. The van der Waals surface area contributed by atoms with Crippen LogP contribution in [0.4, 0.5) is 0 Å². The van der Waals surface area contributed by atoms with Gasteiger partial charge in [0.25, 0.3) is 0 Å². The lowest BCUT2D eigenvalue weighted by Crippen LogP contribution is -2.47. The van der Waals surface area contributed by atoms with E-state index in [0.29, 0.717) is 12.0 Å². The Morgan fingerprint density at radius 1 is 1.32 bits per heavy atom. The van der Waals surface area contributed by atoms with Gasteiger partial charge in [-0.2, -0.15) is 0 Å². The fourth-order valence-corrected chi connectivity index (χ4v) is 3.20. The third-order valence-electron chi connectivity index (χ3n) is 4.60. The van der Waals surface area contributed by atoms with Crippen LogP contribution < -0.4 is 5.32 Å². The highest BCUT2D eigenvalue weighted by Crippen LogP contribution is 2.18. The Bertz CT molecular complexity index is 527. The van der Waals surface area contributed by atoms with Gasteiger partial charge in [0.15, 0.2) is 5.96 Å². The summed E-state index contributed by atoms with van der Waals surface area (Å²) in [6.07, 6.45) is 2.59. The molecule has 1 aliphatic rings. The van der Waals surface area contributed by atoms with Gasteiger partial charge >= 0.3 is 0 Å². The Balaban J connectivity index is 0.00000312. The molecule has 0 bridgehead atoms. The summed E-state index contributed by atoms with van der Waals surface area (Å²) in [6.45, 7) is 13.2. The highest BCUT2D eigenvalue weighted by molar-refractivity contribution is 14.0. The van der Waals surface area contributed by atoms with E-state index in [0.717, 1.165) is 51.6 Å². The van der Waals surface area contributed by atoms with Crippen molar-refractivity contribution in [3.8, 4) is 0 Å². The third kappa shape index (κ3) is 7.13. The summed E-state index contributed by atoms with van der Waals surface area (Å²) < 4.78 is 5.75. The molecule has 1 unspecified atom stereocenters. The molecule has 0 aliphatic carbocycles. The molecule has 2 rings (SSSR count). The Morgan fingerprint density at radius 3 is 2.64 bits per heavy atom. The SMILES string of the molecule is CCNC(=NCC(C)c1cccc(C)c1)N1CCC(OCC)CC1.I. The first-order valence-corrected chi connectivity index (χ1v) is 9.35. The largest absolute Gasteiger partial charge is 0.378 e. The Kier molecular flexibility index (Phi) is 10.4. The molecule has 0 saturated carbocycles. The molecule has 1 saturated heterocycles. The number of halogens is 1. The Morgan fingerprint density at radius 2 is 2.04 bits per heavy atom. The average Bonchev–Trinajstić information content (AvgIpc) is 2.59. The molecule has 1 aromatic rings. The van der Waals surface area contributed by atoms with Gasteiger partial charge in [-0.1, -0.05) is 36.8 Å².